The van der Waals surface area contributed by atoms with Gasteiger partial charge in [-0.2, -0.15) is 5.10 Å². The summed E-state index contributed by atoms with van der Waals surface area (Å²) in [4.78, 5) is 16.0. The van der Waals surface area contributed by atoms with Crippen molar-refractivity contribution in [2.45, 2.75) is 13.3 Å². The normalized spacial score (nSPS) is 13.3. The van der Waals surface area contributed by atoms with E-state index < -0.39 is 0 Å². The van der Waals surface area contributed by atoms with E-state index in [0.717, 1.165) is 22.5 Å². The van der Waals surface area contributed by atoms with Crippen molar-refractivity contribution in [2.75, 3.05) is 6.61 Å². The molecule has 0 saturated heterocycles. The molecule has 0 atom stereocenters. The highest BCUT2D eigenvalue weighted by atomic mass is 32.1. The second-order valence-electron chi connectivity index (χ2n) is 3.90. The Balaban J connectivity index is 1.89. The van der Waals surface area contributed by atoms with Crippen molar-refractivity contribution >= 4 is 29.0 Å². The van der Waals surface area contributed by atoms with E-state index in [4.69, 9.17) is 4.74 Å². The Morgan fingerprint density at radius 2 is 2.50 bits per heavy atom. The smallest absolute Gasteiger partial charge is 0.359 e. The van der Waals surface area contributed by atoms with Gasteiger partial charge >= 0.3 is 5.97 Å². The average Bonchev–Trinajstić information content (AvgIpc) is 3.04. The van der Waals surface area contributed by atoms with E-state index in [1.165, 1.54) is 0 Å². The van der Waals surface area contributed by atoms with Gasteiger partial charge in [0.1, 0.15) is 0 Å². The summed E-state index contributed by atoms with van der Waals surface area (Å²) in [6, 6.07) is 0. The van der Waals surface area contributed by atoms with Gasteiger partial charge in [-0.15, -0.1) is 11.3 Å². The molecule has 1 aliphatic carbocycles. The van der Waals surface area contributed by atoms with Crippen LogP contribution in [0, 0.1) is 0 Å². The molecular weight excluding hydrogens is 250 g/mol. The lowest BCUT2D eigenvalue weighted by Crippen LogP contribution is -2.07. The van der Waals surface area contributed by atoms with Crippen molar-refractivity contribution < 1.29 is 9.53 Å². The van der Waals surface area contributed by atoms with Gasteiger partial charge in [0.25, 0.3) is 0 Å². The molecule has 0 spiro atoms. The van der Waals surface area contributed by atoms with Gasteiger partial charge in [-0.1, -0.05) is 0 Å². The lowest BCUT2D eigenvalue weighted by molar-refractivity contribution is 0.0518. The SMILES string of the molecule is CCOC(=O)c1n[nH]c2c1CC(c1cscn1)=C2. The number of rotatable bonds is 3. The van der Waals surface area contributed by atoms with E-state index in [2.05, 4.69) is 15.2 Å². The number of esters is 1. The minimum atomic E-state index is -0.372. The summed E-state index contributed by atoms with van der Waals surface area (Å²) in [5.41, 5.74) is 6.02. The van der Waals surface area contributed by atoms with Crippen LogP contribution in [0.3, 0.4) is 0 Å². The molecule has 0 aliphatic heterocycles. The average molecular weight is 261 g/mol. The summed E-state index contributed by atoms with van der Waals surface area (Å²) in [6.45, 7) is 2.14. The minimum Gasteiger partial charge on any atom is -0.461 e. The molecule has 0 saturated carbocycles. The number of aromatic amines is 1. The van der Waals surface area contributed by atoms with Crippen molar-refractivity contribution in [3.8, 4) is 0 Å². The summed E-state index contributed by atoms with van der Waals surface area (Å²) < 4.78 is 4.98. The number of hydrogen-bond acceptors (Lipinski definition) is 5. The van der Waals surface area contributed by atoms with Gasteiger partial charge in [-0.05, 0) is 18.6 Å². The highest BCUT2D eigenvalue weighted by molar-refractivity contribution is 7.07. The molecule has 1 aliphatic rings. The zero-order valence-corrected chi connectivity index (χ0v) is 10.6. The Hall–Kier alpha value is -1.95. The lowest BCUT2D eigenvalue weighted by Gasteiger charge is -2.00. The first-order chi connectivity index (χ1) is 8.79. The highest BCUT2D eigenvalue weighted by Crippen LogP contribution is 2.32. The van der Waals surface area contributed by atoms with Gasteiger partial charge in [0.15, 0.2) is 5.69 Å². The molecule has 3 rings (SSSR count). The molecule has 6 heteroatoms. The van der Waals surface area contributed by atoms with Crippen LogP contribution >= 0.6 is 11.3 Å². The predicted octanol–water partition coefficient (Wildman–Crippen LogP) is 2.14. The second-order valence-corrected chi connectivity index (χ2v) is 4.62. The van der Waals surface area contributed by atoms with Crippen molar-refractivity contribution in [3.05, 3.63) is 33.5 Å². The maximum absolute atomic E-state index is 11.7. The van der Waals surface area contributed by atoms with Crippen LogP contribution in [0.15, 0.2) is 10.9 Å². The number of allylic oxidation sites excluding steroid dienone is 1. The van der Waals surface area contributed by atoms with E-state index in [0.29, 0.717) is 18.7 Å². The number of ether oxygens (including phenoxy) is 1. The first-order valence-electron chi connectivity index (χ1n) is 5.63. The standard InChI is InChI=1S/C12H11N3O2S/c1-2-17-12(16)11-8-3-7(4-9(8)14-15-11)10-5-18-6-13-10/h4-6H,2-3H2,1H3,(H,14,15). The van der Waals surface area contributed by atoms with Crippen LogP contribution in [-0.4, -0.2) is 27.8 Å². The predicted molar refractivity (Wildman–Crippen MR) is 68.2 cm³/mol. The summed E-state index contributed by atoms with van der Waals surface area (Å²) >= 11 is 1.56. The fourth-order valence-corrected chi connectivity index (χ4v) is 2.57. The maximum atomic E-state index is 11.7. The number of hydrogen-bond donors (Lipinski definition) is 1. The molecule has 5 nitrogen and oxygen atoms in total. The van der Waals surface area contributed by atoms with E-state index in [9.17, 15) is 4.79 Å². The first kappa shape index (κ1) is 11.2. The molecular formula is C12H11N3O2S. The van der Waals surface area contributed by atoms with Gasteiger partial charge < -0.3 is 4.74 Å². The van der Waals surface area contributed by atoms with Crippen molar-refractivity contribution in [1.29, 1.82) is 0 Å². The third-order valence-corrected chi connectivity index (χ3v) is 3.40. The lowest BCUT2D eigenvalue weighted by atomic mass is 10.1. The first-order valence-corrected chi connectivity index (χ1v) is 6.57. The maximum Gasteiger partial charge on any atom is 0.359 e. The van der Waals surface area contributed by atoms with E-state index in [1.807, 2.05) is 11.5 Å². The van der Waals surface area contributed by atoms with Gasteiger partial charge in [0, 0.05) is 17.4 Å². The topological polar surface area (TPSA) is 67.9 Å². The molecule has 0 amide bonds. The number of fused-ring (bicyclic) bond motifs is 1. The monoisotopic (exact) mass is 261 g/mol. The molecule has 18 heavy (non-hydrogen) atoms. The number of carbonyl (C=O) groups is 1. The fourth-order valence-electron chi connectivity index (χ4n) is 2.00. The number of carbonyl (C=O) groups excluding carboxylic acids is 1. The third kappa shape index (κ3) is 1.74. The van der Waals surface area contributed by atoms with Crippen LogP contribution in [0.1, 0.15) is 34.4 Å². The van der Waals surface area contributed by atoms with E-state index in [1.54, 1.807) is 23.8 Å². The molecule has 0 radical (unpaired) electrons. The van der Waals surface area contributed by atoms with Crippen LogP contribution in [-0.2, 0) is 11.2 Å². The molecule has 92 valence electrons. The van der Waals surface area contributed by atoms with Crippen molar-refractivity contribution in [3.63, 3.8) is 0 Å². The Bertz CT molecular complexity index is 613. The molecule has 2 heterocycles. The molecule has 0 unspecified atom stereocenters. The summed E-state index contributed by atoms with van der Waals surface area (Å²) in [5.74, 6) is -0.372. The van der Waals surface area contributed by atoms with Gasteiger partial charge in [-0.25, -0.2) is 9.78 Å². The minimum absolute atomic E-state index is 0.354. The quantitative estimate of drug-likeness (QED) is 0.859. The van der Waals surface area contributed by atoms with E-state index in [-0.39, 0.29) is 5.97 Å². The van der Waals surface area contributed by atoms with Gasteiger partial charge in [0.2, 0.25) is 0 Å². The zero-order chi connectivity index (χ0) is 12.5. The summed E-state index contributed by atoms with van der Waals surface area (Å²) in [7, 11) is 0. The van der Waals surface area contributed by atoms with Crippen LogP contribution in [0.25, 0.3) is 11.6 Å². The van der Waals surface area contributed by atoms with E-state index >= 15 is 0 Å². The van der Waals surface area contributed by atoms with Crippen LogP contribution in [0.5, 0.6) is 0 Å². The zero-order valence-electron chi connectivity index (χ0n) is 9.77. The number of nitrogens with one attached hydrogen (secondary N) is 1. The second kappa shape index (κ2) is 4.38. The summed E-state index contributed by atoms with van der Waals surface area (Å²) in [5, 5.41) is 8.87. The largest absolute Gasteiger partial charge is 0.461 e. The van der Waals surface area contributed by atoms with Crippen LogP contribution < -0.4 is 0 Å². The number of thiazole rings is 1. The fraction of sp³-hybridized carbons (Fsp3) is 0.250. The Kier molecular flexibility index (Phi) is 2.71. The molecule has 2 aromatic heterocycles. The summed E-state index contributed by atoms with van der Waals surface area (Å²) in [6.07, 6.45) is 2.66. The number of nitrogens with zero attached hydrogens (tertiary/aromatic N) is 2. The molecule has 2 aromatic rings. The molecule has 1 N–H and O–H groups in total. The molecule has 0 fully saturated rings. The van der Waals surface area contributed by atoms with Gasteiger partial charge in [0.05, 0.1) is 23.5 Å². The van der Waals surface area contributed by atoms with Crippen LogP contribution in [0.2, 0.25) is 0 Å². The Labute approximate surface area is 108 Å². The van der Waals surface area contributed by atoms with Crippen molar-refractivity contribution in [2.24, 2.45) is 0 Å². The molecule has 0 aromatic carbocycles. The third-order valence-electron chi connectivity index (χ3n) is 2.82. The van der Waals surface area contributed by atoms with Gasteiger partial charge in [-0.3, -0.25) is 5.10 Å². The number of H-pyrrole nitrogens is 1. The Morgan fingerprint density at radius 1 is 1.61 bits per heavy atom. The van der Waals surface area contributed by atoms with Crippen LogP contribution in [0.4, 0.5) is 0 Å². The highest BCUT2D eigenvalue weighted by Gasteiger charge is 2.25. The van der Waals surface area contributed by atoms with Crippen molar-refractivity contribution in [1.82, 2.24) is 15.2 Å². The molecule has 0 bridgehead atoms. The number of aromatic nitrogens is 3. The Morgan fingerprint density at radius 3 is 3.22 bits per heavy atom.